The van der Waals surface area contributed by atoms with Crippen molar-refractivity contribution in [3.05, 3.63) is 41.5 Å². The molecule has 0 radical (unpaired) electrons. The topological polar surface area (TPSA) is 9.23 Å². The van der Waals surface area contributed by atoms with Gasteiger partial charge in [0.2, 0.25) is 0 Å². The third-order valence-electron chi connectivity index (χ3n) is 2.05. The highest BCUT2D eigenvalue weighted by atomic mass is 16.5. The van der Waals surface area contributed by atoms with Crippen LogP contribution in [-0.4, -0.2) is 6.61 Å². The highest BCUT2D eigenvalue weighted by Crippen LogP contribution is 2.10. The smallest absolute Gasteiger partial charge is 0.119 e. The van der Waals surface area contributed by atoms with Gasteiger partial charge >= 0.3 is 0 Å². The van der Waals surface area contributed by atoms with Crippen LogP contribution < -0.4 is 4.74 Å². The maximum Gasteiger partial charge on any atom is 0.119 e. The lowest BCUT2D eigenvalue weighted by molar-refractivity contribution is 0.351. The van der Waals surface area contributed by atoms with E-state index in [0.717, 1.165) is 5.75 Å². The van der Waals surface area contributed by atoms with Gasteiger partial charge in [0.25, 0.3) is 0 Å². The maximum atomic E-state index is 5.57. The molecule has 0 N–H and O–H groups in total. The molecular weight excluding hydrogens is 160 g/mol. The van der Waals surface area contributed by atoms with Gasteiger partial charge in [-0.05, 0) is 38.5 Å². The molecule has 1 aromatic rings. The predicted octanol–water partition coefficient (Wildman–Crippen LogP) is 3.42. The van der Waals surface area contributed by atoms with Crippen molar-refractivity contribution in [1.29, 1.82) is 0 Å². The van der Waals surface area contributed by atoms with E-state index < -0.39 is 0 Å². The summed E-state index contributed by atoms with van der Waals surface area (Å²) in [6.45, 7) is 6.98. The molecule has 0 aliphatic carbocycles. The number of hydrogen-bond acceptors (Lipinski definition) is 1. The molecule has 0 atom stereocenters. The van der Waals surface area contributed by atoms with Crippen molar-refractivity contribution in [2.45, 2.75) is 20.8 Å². The number of rotatable bonds is 3. The second-order valence-electron chi connectivity index (χ2n) is 3.38. The van der Waals surface area contributed by atoms with E-state index in [0.29, 0.717) is 6.61 Å². The molecule has 1 nitrogen and oxygen atoms in total. The number of ether oxygens (including phenoxy) is 1. The van der Waals surface area contributed by atoms with E-state index in [4.69, 9.17) is 4.74 Å². The lowest BCUT2D eigenvalue weighted by atomic mass is 10.2. The zero-order chi connectivity index (χ0) is 9.68. The van der Waals surface area contributed by atoms with Gasteiger partial charge < -0.3 is 4.74 Å². The van der Waals surface area contributed by atoms with Crippen LogP contribution in [0.5, 0.6) is 5.75 Å². The number of benzene rings is 1. The summed E-state index contributed by atoms with van der Waals surface area (Å²) in [6.07, 6.45) is 0. The Morgan fingerprint density at radius 2 is 1.69 bits per heavy atom. The van der Waals surface area contributed by atoms with Crippen LogP contribution in [0.3, 0.4) is 0 Å². The molecule has 13 heavy (non-hydrogen) atoms. The Bertz CT molecular complexity index is 281. The van der Waals surface area contributed by atoms with Crippen LogP contribution in [0, 0.1) is 0 Å². The Labute approximate surface area is 80.0 Å². The molecule has 0 heterocycles. The third kappa shape index (κ3) is 3.32. The average Bonchev–Trinajstić information content (AvgIpc) is 2.15. The van der Waals surface area contributed by atoms with Gasteiger partial charge in [0, 0.05) is 0 Å². The first kappa shape index (κ1) is 9.85. The van der Waals surface area contributed by atoms with Crippen molar-refractivity contribution in [3.63, 3.8) is 0 Å². The molecule has 70 valence electrons. The summed E-state index contributed by atoms with van der Waals surface area (Å²) in [5, 5.41) is 0. The van der Waals surface area contributed by atoms with Crippen molar-refractivity contribution < 1.29 is 4.74 Å². The third-order valence-corrected chi connectivity index (χ3v) is 2.05. The van der Waals surface area contributed by atoms with E-state index in [2.05, 4.69) is 20.8 Å². The van der Waals surface area contributed by atoms with E-state index in [1.54, 1.807) is 0 Å². The van der Waals surface area contributed by atoms with Crippen LogP contribution in [0.15, 0.2) is 41.5 Å². The molecule has 0 fully saturated rings. The number of para-hydroxylation sites is 1. The van der Waals surface area contributed by atoms with Gasteiger partial charge in [-0.15, -0.1) is 0 Å². The van der Waals surface area contributed by atoms with Gasteiger partial charge in [0.1, 0.15) is 12.4 Å². The zero-order valence-corrected chi connectivity index (χ0v) is 8.50. The Balaban J connectivity index is 2.49. The van der Waals surface area contributed by atoms with Crippen LogP contribution >= 0.6 is 0 Å². The molecule has 0 aliphatic rings. The van der Waals surface area contributed by atoms with Gasteiger partial charge in [-0.25, -0.2) is 0 Å². The molecule has 0 bridgehead atoms. The first-order valence-corrected chi connectivity index (χ1v) is 4.51. The summed E-state index contributed by atoms with van der Waals surface area (Å²) in [4.78, 5) is 0. The largest absolute Gasteiger partial charge is 0.489 e. The van der Waals surface area contributed by atoms with Crippen molar-refractivity contribution in [2.24, 2.45) is 0 Å². The number of hydrogen-bond donors (Lipinski definition) is 0. The number of allylic oxidation sites excluding steroid dienone is 1. The normalized spacial score (nSPS) is 9.46. The lowest BCUT2D eigenvalue weighted by Gasteiger charge is -2.07. The van der Waals surface area contributed by atoms with E-state index >= 15 is 0 Å². The van der Waals surface area contributed by atoms with E-state index in [9.17, 15) is 0 Å². The van der Waals surface area contributed by atoms with E-state index in [1.807, 2.05) is 30.3 Å². The molecule has 0 unspecified atom stereocenters. The molecule has 1 rings (SSSR count). The monoisotopic (exact) mass is 176 g/mol. The fourth-order valence-electron chi connectivity index (χ4n) is 0.853. The van der Waals surface area contributed by atoms with Crippen molar-refractivity contribution >= 4 is 0 Å². The van der Waals surface area contributed by atoms with Gasteiger partial charge in [0.05, 0.1) is 0 Å². The summed E-state index contributed by atoms with van der Waals surface area (Å²) in [5.41, 5.74) is 2.62. The van der Waals surface area contributed by atoms with Crippen LogP contribution in [0.4, 0.5) is 0 Å². The summed E-state index contributed by atoms with van der Waals surface area (Å²) >= 11 is 0. The molecule has 0 aromatic heterocycles. The summed E-state index contributed by atoms with van der Waals surface area (Å²) in [7, 11) is 0. The first-order chi connectivity index (χ1) is 6.20. The summed E-state index contributed by atoms with van der Waals surface area (Å²) in [6, 6.07) is 9.89. The quantitative estimate of drug-likeness (QED) is 0.641. The second kappa shape index (κ2) is 4.70. The fourth-order valence-corrected chi connectivity index (χ4v) is 0.853. The minimum absolute atomic E-state index is 0.687. The van der Waals surface area contributed by atoms with Crippen molar-refractivity contribution in [2.75, 3.05) is 6.61 Å². The van der Waals surface area contributed by atoms with Crippen molar-refractivity contribution in [3.8, 4) is 5.75 Å². The Morgan fingerprint density at radius 1 is 1.08 bits per heavy atom. The van der Waals surface area contributed by atoms with Crippen LogP contribution in [0.2, 0.25) is 0 Å². The van der Waals surface area contributed by atoms with Crippen molar-refractivity contribution in [1.82, 2.24) is 0 Å². The Hall–Kier alpha value is -1.24. The highest BCUT2D eigenvalue weighted by molar-refractivity contribution is 5.22. The maximum absolute atomic E-state index is 5.57. The first-order valence-electron chi connectivity index (χ1n) is 4.51. The molecule has 0 amide bonds. The molecule has 1 aromatic carbocycles. The SMILES string of the molecule is CC(C)=C(C)COc1ccccc1. The zero-order valence-electron chi connectivity index (χ0n) is 8.50. The molecule has 0 saturated heterocycles. The van der Waals surface area contributed by atoms with Gasteiger partial charge in [-0.2, -0.15) is 0 Å². The summed E-state index contributed by atoms with van der Waals surface area (Å²) in [5.74, 6) is 0.933. The molecule has 1 heteroatoms. The molecule has 0 saturated carbocycles. The van der Waals surface area contributed by atoms with Gasteiger partial charge in [0.15, 0.2) is 0 Å². The van der Waals surface area contributed by atoms with Gasteiger partial charge in [-0.1, -0.05) is 23.8 Å². The minimum atomic E-state index is 0.687. The lowest BCUT2D eigenvalue weighted by Crippen LogP contribution is -1.99. The Morgan fingerprint density at radius 3 is 2.23 bits per heavy atom. The molecule has 0 spiro atoms. The van der Waals surface area contributed by atoms with Crippen LogP contribution in [-0.2, 0) is 0 Å². The fraction of sp³-hybridized carbons (Fsp3) is 0.333. The average molecular weight is 176 g/mol. The molecule has 0 aliphatic heterocycles. The van der Waals surface area contributed by atoms with E-state index in [-0.39, 0.29) is 0 Å². The summed E-state index contributed by atoms with van der Waals surface area (Å²) < 4.78 is 5.57. The molecular formula is C12H16O. The predicted molar refractivity (Wildman–Crippen MR) is 56.0 cm³/mol. The van der Waals surface area contributed by atoms with Crippen LogP contribution in [0.25, 0.3) is 0 Å². The Kier molecular flexibility index (Phi) is 3.56. The highest BCUT2D eigenvalue weighted by Gasteiger charge is 1.94. The standard InChI is InChI=1S/C12H16O/c1-10(2)11(3)9-13-12-7-5-4-6-8-12/h4-8H,9H2,1-3H3. The second-order valence-corrected chi connectivity index (χ2v) is 3.38. The minimum Gasteiger partial charge on any atom is -0.489 e. The van der Waals surface area contributed by atoms with Crippen LogP contribution in [0.1, 0.15) is 20.8 Å². The van der Waals surface area contributed by atoms with E-state index in [1.165, 1.54) is 11.1 Å². The van der Waals surface area contributed by atoms with Gasteiger partial charge in [-0.3, -0.25) is 0 Å².